The molecule has 0 fully saturated rings. The van der Waals surface area contributed by atoms with Crippen molar-refractivity contribution in [2.45, 2.75) is 58.8 Å². The molecule has 0 saturated carbocycles. The van der Waals surface area contributed by atoms with Crippen LogP contribution < -0.4 is 15.8 Å². The van der Waals surface area contributed by atoms with Crippen LogP contribution in [0.3, 0.4) is 0 Å². The average Bonchev–Trinajstić information content (AvgIpc) is 3.98. The first-order valence-corrected chi connectivity index (χ1v) is 26.1. The lowest BCUT2D eigenvalue weighted by atomic mass is 9.44. The van der Waals surface area contributed by atoms with Crippen LogP contribution >= 0.6 is 0 Å². The van der Waals surface area contributed by atoms with E-state index in [1.54, 1.807) is 0 Å². The van der Waals surface area contributed by atoms with Crippen LogP contribution in [0, 0.1) is 0 Å². The molecule has 0 N–H and O–H groups in total. The summed E-state index contributed by atoms with van der Waals surface area (Å²) in [5.74, 6) is 0.336. The molecule has 4 heterocycles. The summed E-state index contributed by atoms with van der Waals surface area (Å²) >= 11 is 0. The van der Waals surface area contributed by atoms with Crippen LogP contribution in [0.2, 0.25) is 0 Å². The molecule has 0 radical (unpaired) electrons. The van der Waals surface area contributed by atoms with Crippen molar-refractivity contribution in [1.29, 1.82) is 0 Å². The predicted octanol–water partition coefficient (Wildman–Crippen LogP) is 17.2. The van der Waals surface area contributed by atoms with E-state index in [4.69, 9.17) is 4.42 Å². The Morgan fingerprint density at radius 3 is 1.81 bits per heavy atom. The first-order chi connectivity index (χ1) is 35.7. The van der Waals surface area contributed by atoms with E-state index in [0.717, 1.165) is 34.8 Å². The molecule has 2 aromatic heterocycles. The van der Waals surface area contributed by atoms with Crippen molar-refractivity contribution in [2.75, 3.05) is 4.90 Å². The molecule has 2 aliphatic heterocycles. The highest BCUT2D eigenvalue weighted by atomic mass is 16.3. The molecule has 0 spiro atoms. The van der Waals surface area contributed by atoms with Gasteiger partial charge in [-0.2, -0.15) is 0 Å². The van der Waals surface area contributed by atoms with E-state index in [1.807, 2.05) is 0 Å². The SMILES string of the molecule is CC(C)c1cc(N2c3cc4c(Cc5ccccc5)c5ccccc5c(Cc5ccccc5)c4cc3B3c4c2cc2ccccc2c4-c2cc4c5ccccc5oc4c4c5ccccc5n3c24)cc(C(C)(C)C)c1. The second-order valence-corrected chi connectivity index (χ2v) is 22.2. The summed E-state index contributed by atoms with van der Waals surface area (Å²) < 4.78 is 9.73. The summed E-state index contributed by atoms with van der Waals surface area (Å²) in [5.41, 5.74) is 21.1. The Bertz CT molecular complexity index is 4460. The van der Waals surface area contributed by atoms with Crippen molar-refractivity contribution in [1.82, 2.24) is 4.48 Å². The van der Waals surface area contributed by atoms with Gasteiger partial charge in [0.15, 0.2) is 0 Å². The van der Waals surface area contributed by atoms with Gasteiger partial charge < -0.3 is 13.8 Å². The van der Waals surface area contributed by atoms with Crippen LogP contribution in [0.1, 0.15) is 73.9 Å². The van der Waals surface area contributed by atoms with Gasteiger partial charge in [-0.15, -0.1) is 0 Å². The van der Waals surface area contributed by atoms with Crippen LogP contribution in [0.25, 0.3) is 87.2 Å². The van der Waals surface area contributed by atoms with Gasteiger partial charge in [0.1, 0.15) is 11.2 Å². The van der Waals surface area contributed by atoms with E-state index in [0.29, 0.717) is 5.92 Å². The lowest BCUT2D eigenvalue weighted by Crippen LogP contribution is -2.56. The molecule has 0 saturated heterocycles. The fourth-order valence-corrected chi connectivity index (χ4v) is 13.1. The number of furan rings is 1. The summed E-state index contributed by atoms with van der Waals surface area (Å²) in [4.78, 5) is 2.68. The van der Waals surface area contributed by atoms with Gasteiger partial charge in [-0.05, 0) is 149 Å². The maximum atomic E-state index is 7.02. The summed E-state index contributed by atoms with van der Waals surface area (Å²) in [6, 6.07) is 75.8. The lowest BCUT2D eigenvalue weighted by Gasteiger charge is -2.42. The number of hydrogen-bond donors (Lipinski definition) is 0. The first-order valence-electron chi connectivity index (χ1n) is 26.1. The quantitative estimate of drug-likeness (QED) is 0.122. The van der Waals surface area contributed by atoms with Gasteiger partial charge in [0.2, 0.25) is 0 Å². The highest BCUT2D eigenvalue weighted by Gasteiger charge is 2.45. The molecule has 73 heavy (non-hydrogen) atoms. The Morgan fingerprint density at radius 1 is 0.521 bits per heavy atom. The molecule has 0 aliphatic carbocycles. The Morgan fingerprint density at radius 2 is 1.12 bits per heavy atom. The molecular weight excluding hydrogens is 884 g/mol. The van der Waals surface area contributed by atoms with E-state index < -0.39 is 0 Å². The molecule has 4 heteroatoms. The molecule has 11 aromatic carbocycles. The van der Waals surface area contributed by atoms with Gasteiger partial charge in [0, 0.05) is 49.8 Å². The molecular formula is C69H53BN2O. The second kappa shape index (κ2) is 15.6. The third kappa shape index (κ3) is 6.20. The molecule has 13 aromatic rings. The third-order valence-corrected chi connectivity index (χ3v) is 16.5. The van der Waals surface area contributed by atoms with Crippen LogP contribution in [0.4, 0.5) is 17.1 Å². The first kappa shape index (κ1) is 42.4. The van der Waals surface area contributed by atoms with Gasteiger partial charge in [-0.1, -0.05) is 192 Å². The maximum absolute atomic E-state index is 7.02. The molecule has 348 valence electrons. The standard InChI is InChI=1S/C69H53BN2O/c1-41(2)45-34-46(69(3,4)5)37-47(35-45)71-61-40-56-54(33-43-22-10-7-11-23-43)50-27-15-14-26-49(50)53(32-42-20-8-6-9-21-42)55(56)39-59(61)70-66-62(71)36-44-24-12-13-25-48(44)64(66)58-38-57-51-28-17-19-31-63(51)73-68(57)65-52-29-16-18-30-60(52)72(70)67(58)65/h6-31,34-41H,32-33H2,1-5H3. The molecule has 0 unspecified atom stereocenters. The maximum Gasteiger partial charge on any atom is 0.333 e. The summed E-state index contributed by atoms with van der Waals surface area (Å²) in [7, 11) is 0. The number of fused-ring (bicyclic) bond motifs is 15. The third-order valence-electron chi connectivity index (χ3n) is 16.5. The minimum atomic E-state index is -0.161. The number of aromatic nitrogens is 1. The number of hydrogen-bond acceptors (Lipinski definition) is 2. The smallest absolute Gasteiger partial charge is 0.333 e. The van der Waals surface area contributed by atoms with Crippen molar-refractivity contribution in [2.24, 2.45) is 0 Å². The predicted molar refractivity (Wildman–Crippen MR) is 311 cm³/mol. The number of nitrogens with zero attached hydrogens (tertiary/aromatic N) is 2. The zero-order chi connectivity index (χ0) is 48.9. The fourth-order valence-electron chi connectivity index (χ4n) is 13.1. The molecule has 0 amide bonds. The fraction of sp³-hybridized carbons (Fsp3) is 0.130. The average molecular weight is 937 g/mol. The molecule has 2 aliphatic rings. The van der Waals surface area contributed by atoms with E-state index in [2.05, 4.69) is 244 Å². The van der Waals surface area contributed by atoms with Crippen LogP contribution in [0.5, 0.6) is 0 Å². The van der Waals surface area contributed by atoms with Crippen LogP contribution in [-0.2, 0) is 18.3 Å². The van der Waals surface area contributed by atoms with E-state index >= 15 is 0 Å². The van der Waals surface area contributed by atoms with Gasteiger partial charge >= 0.3 is 6.85 Å². The van der Waals surface area contributed by atoms with E-state index in [-0.39, 0.29) is 12.3 Å². The minimum Gasteiger partial charge on any atom is -0.455 e. The summed E-state index contributed by atoms with van der Waals surface area (Å²) in [6.45, 7) is 11.6. The molecule has 0 bridgehead atoms. The normalized spacial score (nSPS) is 13.2. The van der Waals surface area contributed by atoms with Crippen molar-refractivity contribution in [3.63, 3.8) is 0 Å². The Labute approximate surface area is 426 Å². The number of para-hydroxylation sites is 2. The number of rotatable bonds is 6. The highest BCUT2D eigenvalue weighted by Crippen LogP contribution is 2.52. The highest BCUT2D eigenvalue weighted by molar-refractivity contribution is 6.90. The Kier molecular flexibility index (Phi) is 9.04. The van der Waals surface area contributed by atoms with Crippen LogP contribution in [0.15, 0.2) is 205 Å². The largest absolute Gasteiger partial charge is 0.455 e. The van der Waals surface area contributed by atoms with Crippen molar-refractivity contribution >= 4 is 111 Å². The monoisotopic (exact) mass is 936 g/mol. The lowest BCUT2D eigenvalue weighted by molar-refractivity contribution is 0.588. The Hall–Kier alpha value is -8.34. The van der Waals surface area contributed by atoms with Gasteiger partial charge in [-0.3, -0.25) is 0 Å². The van der Waals surface area contributed by atoms with Gasteiger partial charge in [0.25, 0.3) is 0 Å². The van der Waals surface area contributed by atoms with Crippen molar-refractivity contribution in [3.8, 4) is 11.1 Å². The Balaban J connectivity index is 1.16. The number of anilines is 3. The zero-order valence-electron chi connectivity index (χ0n) is 41.9. The zero-order valence-corrected chi connectivity index (χ0v) is 41.9. The van der Waals surface area contributed by atoms with Crippen molar-refractivity contribution in [3.05, 3.63) is 234 Å². The molecule has 0 atom stereocenters. The summed E-state index contributed by atoms with van der Waals surface area (Å²) in [5, 5.41) is 12.5. The molecule has 3 nitrogen and oxygen atoms in total. The van der Waals surface area contributed by atoms with E-state index in [1.165, 1.54) is 127 Å². The summed E-state index contributed by atoms with van der Waals surface area (Å²) in [6.07, 6.45) is 1.63. The van der Waals surface area contributed by atoms with Gasteiger partial charge in [-0.25, -0.2) is 0 Å². The topological polar surface area (TPSA) is 21.3 Å². The number of benzene rings is 11. The molecule has 15 rings (SSSR count). The van der Waals surface area contributed by atoms with Gasteiger partial charge in [0.05, 0.1) is 5.39 Å². The van der Waals surface area contributed by atoms with Crippen molar-refractivity contribution < 1.29 is 4.42 Å². The van der Waals surface area contributed by atoms with E-state index in [9.17, 15) is 0 Å². The van der Waals surface area contributed by atoms with Crippen LogP contribution in [-0.4, -0.2) is 11.3 Å². The minimum absolute atomic E-state index is 0.0750. The second-order valence-electron chi connectivity index (χ2n) is 22.2.